The van der Waals surface area contributed by atoms with Crippen molar-refractivity contribution in [2.24, 2.45) is 0 Å². The summed E-state index contributed by atoms with van der Waals surface area (Å²) in [6, 6.07) is 10.3. The highest BCUT2D eigenvalue weighted by Gasteiger charge is 2.28. The van der Waals surface area contributed by atoms with Gasteiger partial charge in [-0.2, -0.15) is 0 Å². The van der Waals surface area contributed by atoms with Crippen molar-refractivity contribution < 1.29 is 33.1 Å². The molecule has 13 heteroatoms. The molecule has 0 saturated carbocycles. The number of rotatable bonds is 6. The van der Waals surface area contributed by atoms with Crippen LogP contribution in [0.25, 0.3) is 0 Å². The minimum absolute atomic E-state index is 0.0105. The van der Waals surface area contributed by atoms with E-state index in [1.165, 1.54) is 43.1 Å². The Kier molecular flexibility index (Phi) is 12.0. The van der Waals surface area contributed by atoms with Crippen LogP contribution in [0, 0.1) is 5.82 Å². The predicted molar refractivity (Wildman–Crippen MR) is 163 cm³/mol. The van der Waals surface area contributed by atoms with Gasteiger partial charge in [-0.15, -0.1) is 0 Å². The first-order valence-corrected chi connectivity index (χ1v) is 15.1. The molecule has 12 nitrogen and oxygen atoms in total. The van der Waals surface area contributed by atoms with Crippen molar-refractivity contribution in [1.82, 2.24) is 31.1 Å². The van der Waals surface area contributed by atoms with Crippen molar-refractivity contribution >= 4 is 29.5 Å². The van der Waals surface area contributed by atoms with Crippen LogP contribution in [0.1, 0.15) is 48.9 Å². The lowest BCUT2D eigenvalue weighted by atomic mass is 10.0. The standard InChI is InChI=1S/C32H41FN6O6/c1-21-31(43)37-27(24-6-8-25(33)9-7-24)17-28(40)36-26(10-11-30(42)38(2)20-29(41)35-21)32(44)34-18-22-4-3-5-23(16-22)19-39-12-14-45-15-13-39/h3-9,16,21,26-27H,10-15,17-20H2,1-2H3,(H,34,44)(H,35,41)(H,36,40)(H,37,43)/t21-,26-,27+/m0/s1. The second-order valence-corrected chi connectivity index (χ2v) is 11.4. The predicted octanol–water partition coefficient (Wildman–Crippen LogP) is 0.763. The summed E-state index contributed by atoms with van der Waals surface area (Å²) in [4.78, 5) is 68.5. The first-order valence-electron chi connectivity index (χ1n) is 15.1. The zero-order valence-corrected chi connectivity index (χ0v) is 25.6. The van der Waals surface area contributed by atoms with Crippen LogP contribution in [0.5, 0.6) is 0 Å². The Balaban J connectivity index is 1.48. The summed E-state index contributed by atoms with van der Waals surface area (Å²) in [6.07, 6.45) is -0.381. The largest absolute Gasteiger partial charge is 0.379 e. The van der Waals surface area contributed by atoms with Crippen LogP contribution in [0.15, 0.2) is 48.5 Å². The maximum absolute atomic E-state index is 13.6. The van der Waals surface area contributed by atoms with E-state index in [4.69, 9.17) is 4.74 Å². The number of amides is 5. The van der Waals surface area contributed by atoms with Crippen LogP contribution in [0.4, 0.5) is 4.39 Å². The van der Waals surface area contributed by atoms with Gasteiger partial charge in [-0.1, -0.05) is 36.4 Å². The summed E-state index contributed by atoms with van der Waals surface area (Å²) in [7, 11) is 1.45. The minimum Gasteiger partial charge on any atom is -0.379 e. The van der Waals surface area contributed by atoms with Crippen LogP contribution < -0.4 is 21.3 Å². The van der Waals surface area contributed by atoms with Gasteiger partial charge < -0.3 is 30.9 Å². The van der Waals surface area contributed by atoms with Gasteiger partial charge in [-0.05, 0) is 42.2 Å². The van der Waals surface area contributed by atoms with E-state index in [9.17, 15) is 28.4 Å². The molecule has 2 aliphatic rings. The maximum atomic E-state index is 13.6. The summed E-state index contributed by atoms with van der Waals surface area (Å²) in [6.45, 7) is 5.27. The Bertz CT molecular complexity index is 1370. The highest BCUT2D eigenvalue weighted by molar-refractivity contribution is 5.92. The molecule has 4 rings (SSSR count). The monoisotopic (exact) mass is 624 g/mol. The molecule has 4 N–H and O–H groups in total. The third-order valence-corrected chi connectivity index (χ3v) is 7.82. The molecule has 3 atom stereocenters. The van der Waals surface area contributed by atoms with E-state index < -0.39 is 53.5 Å². The number of likely N-dealkylation sites (N-methyl/N-ethyl adjacent to an activating group) is 1. The van der Waals surface area contributed by atoms with Gasteiger partial charge in [0.1, 0.15) is 17.9 Å². The molecule has 2 saturated heterocycles. The fourth-order valence-electron chi connectivity index (χ4n) is 5.23. The molecule has 0 spiro atoms. The molecule has 2 aliphatic heterocycles. The molecule has 0 bridgehead atoms. The number of halogens is 1. The number of nitrogens with zero attached hydrogens (tertiary/aromatic N) is 2. The van der Waals surface area contributed by atoms with Gasteiger partial charge in [0.25, 0.3) is 0 Å². The molecular weight excluding hydrogens is 583 g/mol. The van der Waals surface area contributed by atoms with Crippen molar-refractivity contribution in [2.45, 2.75) is 57.4 Å². The number of benzene rings is 2. The lowest BCUT2D eigenvalue weighted by Crippen LogP contribution is -2.49. The number of carbonyl (C=O) groups excluding carboxylic acids is 5. The molecule has 0 radical (unpaired) electrons. The number of hydrogen-bond acceptors (Lipinski definition) is 7. The van der Waals surface area contributed by atoms with Gasteiger partial charge in [0.2, 0.25) is 29.5 Å². The van der Waals surface area contributed by atoms with Crippen molar-refractivity contribution in [1.29, 1.82) is 0 Å². The molecule has 0 aromatic heterocycles. The molecule has 2 aromatic carbocycles. The van der Waals surface area contributed by atoms with E-state index >= 15 is 0 Å². The molecule has 0 aliphatic carbocycles. The maximum Gasteiger partial charge on any atom is 0.242 e. The van der Waals surface area contributed by atoms with E-state index in [2.05, 4.69) is 26.2 Å². The molecule has 2 aromatic rings. The quantitative estimate of drug-likeness (QED) is 0.371. The molecule has 0 unspecified atom stereocenters. The fraction of sp³-hybridized carbons (Fsp3) is 0.469. The molecule has 5 amide bonds. The van der Waals surface area contributed by atoms with Gasteiger partial charge in [0.15, 0.2) is 0 Å². The van der Waals surface area contributed by atoms with E-state index in [0.29, 0.717) is 18.8 Å². The summed E-state index contributed by atoms with van der Waals surface area (Å²) < 4.78 is 19.0. The van der Waals surface area contributed by atoms with Crippen molar-refractivity contribution in [3.63, 3.8) is 0 Å². The average Bonchev–Trinajstić information content (AvgIpc) is 3.02. The van der Waals surface area contributed by atoms with E-state index in [-0.39, 0.29) is 32.4 Å². The van der Waals surface area contributed by atoms with Crippen LogP contribution in [0.2, 0.25) is 0 Å². The Morgan fingerprint density at radius 3 is 2.42 bits per heavy atom. The lowest BCUT2D eigenvalue weighted by Gasteiger charge is -2.26. The van der Waals surface area contributed by atoms with Crippen LogP contribution in [0.3, 0.4) is 0 Å². The van der Waals surface area contributed by atoms with Crippen molar-refractivity contribution in [2.75, 3.05) is 39.9 Å². The number of nitrogens with one attached hydrogen (secondary N) is 4. The highest BCUT2D eigenvalue weighted by Crippen LogP contribution is 2.19. The Morgan fingerprint density at radius 1 is 0.978 bits per heavy atom. The molecule has 2 heterocycles. The molecular formula is C32H41FN6O6. The zero-order valence-electron chi connectivity index (χ0n) is 25.6. The second-order valence-electron chi connectivity index (χ2n) is 11.4. The van der Waals surface area contributed by atoms with E-state index in [1.54, 1.807) is 0 Å². The molecule has 2 fully saturated rings. The van der Waals surface area contributed by atoms with Crippen LogP contribution in [-0.4, -0.2) is 91.3 Å². The highest BCUT2D eigenvalue weighted by atomic mass is 19.1. The van der Waals surface area contributed by atoms with Crippen LogP contribution in [-0.2, 0) is 41.8 Å². The van der Waals surface area contributed by atoms with Gasteiger partial charge in [-0.25, -0.2) is 4.39 Å². The van der Waals surface area contributed by atoms with Gasteiger partial charge >= 0.3 is 0 Å². The van der Waals surface area contributed by atoms with E-state index in [1.807, 2.05) is 24.3 Å². The minimum atomic E-state index is -1.06. The average molecular weight is 625 g/mol. The number of ether oxygens (including phenoxy) is 1. The van der Waals surface area contributed by atoms with Crippen molar-refractivity contribution in [3.05, 3.63) is 71.0 Å². The summed E-state index contributed by atoms with van der Waals surface area (Å²) in [5.74, 6) is -3.02. The molecule has 45 heavy (non-hydrogen) atoms. The SMILES string of the molecule is C[C@@H]1NC(=O)CN(C)C(=O)CC[C@@H](C(=O)NCc2cccc(CN3CCOCC3)c2)NC(=O)C[C@H](c2ccc(F)cc2)NC1=O. The van der Waals surface area contributed by atoms with Crippen molar-refractivity contribution in [3.8, 4) is 0 Å². The lowest BCUT2D eigenvalue weighted by molar-refractivity contribution is -0.136. The van der Waals surface area contributed by atoms with Gasteiger partial charge in [0.05, 0.1) is 32.2 Å². The fourth-order valence-corrected chi connectivity index (χ4v) is 5.23. The third-order valence-electron chi connectivity index (χ3n) is 7.82. The summed E-state index contributed by atoms with van der Waals surface area (Å²) in [5, 5.41) is 10.9. The number of hydrogen-bond donors (Lipinski definition) is 4. The topological polar surface area (TPSA) is 149 Å². The third kappa shape index (κ3) is 10.4. The van der Waals surface area contributed by atoms with Gasteiger partial charge in [0, 0.05) is 39.6 Å². The normalized spacial score (nSPS) is 22.8. The smallest absolute Gasteiger partial charge is 0.242 e. The Hall–Kier alpha value is -4.36. The Morgan fingerprint density at radius 2 is 1.69 bits per heavy atom. The zero-order chi connectivity index (χ0) is 32.3. The first kappa shape index (κ1) is 33.5. The summed E-state index contributed by atoms with van der Waals surface area (Å²) >= 11 is 0. The number of morpholine rings is 1. The van der Waals surface area contributed by atoms with E-state index in [0.717, 1.165) is 30.8 Å². The first-order chi connectivity index (χ1) is 21.6. The van der Waals surface area contributed by atoms with Gasteiger partial charge in [-0.3, -0.25) is 28.9 Å². The summed E-state index contributed by atoms with van der Waals surface area (Å²) in [5.41, 5.74) is 2.45. The Labute approximate surface area is 262 Å². The van der Waals surface area contributed by atoms with Crippen LogP contribution >= 0.6 is 0 Å². The second kappa shape index (κ2) is 16.1. The molecule has 242 valence electrons. The number of carbonyl (C=O) groups is 5.